The van der Waals surface area contributed by atoms with Crippen molar-refractivity contribution in [2.45, 2.75) is 72.3 Å². The molecule has 0 amide bonds. The van der Waals surface area contributed by atoms with Crippen LogP contribution in [0.2, 0.25) is 0 Å². The average molecular weight is 284 g/mol. The van der Waals surface area contributed by atoms with Gasteiger partial charge in [-0.05, 0) is 44.4 Å². The molecule has 0 bridgehead atoms. The second-order valence-corrected chi connectivity index (χ2v) is 6.52. The molecule has 20 heavy (non-hydrogen) atoms. The minimum Gasteiger partial charge on any atom is -0.466 e. The Bertz CT molecular complexity index is 335. The van der Waals surface area contributed by atoms with Gasteiger partial charge in [0.25, 0.3) is 0 Å². The van der Waals surface area contributed by atoms with Gasteiger partial charge in [0, 0.05) is 0 Å². The van der Waals surface area contributed by atoms with Crippen molar-refractivity contribution in [3.05, 3.63) is 0 Å². The van der Waals surface area contributed by atoms with Crippen LogP contribution in [0.25, 0.3) is 0 Å². The Balaban J connectivity index is 2.32. The van der Waals surface area contributed by atoms with E-state index in [1.807, 2.05) is 6.92 Å². The highest BCUT2D eigenvalue weighted by atomic mass is 16.5. The van der Waals surface area contributed by atoms with Crippen LogP contribution in [0.15, 0.2) is 0 Å². The lowest BCUT2D eigenvalue weighted by molar-refractivity contribution is -0.155. The minimum atomic E-state index is -0.337. The van der Waals surface area contributed by atoms with Crippen LogP contribution in [-0.4, -0.2) is 24.6 Å². The Morgan fingerprint density at radius 2 is 1.90 bits per heavy atom. The van der Waals surface area contributed by atoms with Gasteiger partial charge < -0.3 is 9.47 Å². The molecule has 0 N–H and O–H groups in total. The van der Waals surface area contributed by atoms with Crippen LogP contribution >= 0.6 is 0 Å². The van der Waals surface area contributed by atoms with Gasteiger partial charge in [-0.15, -0.1) is 0 Å². The zero-order valence-corrected chi connectivity index (χ0v) is 13.2. The van der Waals surface area contributed by atoms with Crippen LogP contribution in [0.5, 0.6) is 0 Å². The number of rotatable bonds is 6. The van der Waals surface area contributed by atoms with E-state index in [1.54, 1.807) is 6.92 Å². The van der Waals surface area contributed by atoms with Crippen LogP contribution in [0.1, 0.15) is 66.2 Å². The molecule has 1 fully saturated rings. The fourth-order valence-electron chi connectivity index (χ4n) is 2.96. The first-order valence-corrected chi connectivity index (χ1v) is 7.69. The summed E-state index contributed by atoms with van der Waals surface area (Å²) in [5.41, 5.74) is 0.342. The summed E-state index contributed by atoms with van der Waals surface area (Å²) in [6.45, 7) is 8.61. The smallest absolute Gasteiger partial charge is 0.306 e. The quantitative estimate of drug-likeness (QED) is 0.701. The first kappa shape index (κ1) is 17.0. The van der Waals surface area contributed by atoms with Gasteiger partial charge in [0.05, 0.1) is 19.4 Å². The Kier molecular flexibility index (Phi) is 6.50. The van der Waals surface area contributed by atoms with Crippen molar-refractivity contribution in [2.75, 3.05) is 6.61 Å². The summed E-state index contributed by atoms with van der Waals surface area (Å²) in [6, 6.07) is 0. The van der Waals surface area contributed by atoms with E-state index in [0.717, 1.165) is 12.8 Å². The summed E-state index contributed by atoms with van der Waals surface area (Å²) in [5, 5.41) is 0. The summed E-state index contributed by atoms with van der Waals surface area (Å²) in [6.07, 6.45) is 4.81. The normalized spacial score (nSPS) is 22.9. The van der Waals surface area contributed by atoms with Gasteiger partial charge >= 0.3 is 11.9 Å². The van der Waals surface area contributed by atoms with Crippen molar-refractivity contribution in [1.29, 1.82) is 0 Å². The molecule has 2 atom stereocenters. The molecule has 0 aromatic heterocycles. The average Bonchev–Trinajstić information content (AvgIpc) is 2.35. The first-order valence-electron chi connectivity index (χ1n) is 7.69. The van der Waals surface area contributed by atoms with Crippen LogP contribution in [0, 0.1) is 11.3 Å². The molecule has 0 heterocycles. The highest BCUT2D eigenvalue weighted by molar-refractivity contribution is 5.77. The molecule has 1 rings (SSSR count). The van der Waals surface area contributed by atoms with Gasteiger partial charge in [-0.25, -0.2) is 0 Å². The van der Waals surface area contributed by atoms with Gasteiger partial charge in [0.1, 0.15) is 6.10 Å². The lowest BCUT2D eigenvalue weighted by Crippen LogP contribution is -2.32. The van der Waals surface area contributed by atoms with E-state index >= 15 is 0 Å². The SMILES string of the molecule is CCOC(=O)CCC(=O)OC(C)C1CCCC(C)(C)C1. The van der Waals surface area contributed by atoms with Gasteiger partial charge in [-0.1, -0.05) is 20.3 Å². The summed E-state index contributed by atoms with van der Waals surface area (Å²) < 4.78 is 10.3. The molecule has 0 aliphatic heterocycles. The number of hydrogen-bond acceptors (Lipinski definition) is 4. The maximum atomic E-state index is 11.7. The van der Waals surface area contributed by atoms with Crippen molar-refractivity contribution in [1.82, 2.24) is 0 Å². The molecule has 0 saturated heterocycles. The molecule has 116 valence electrons. The third kappa shape index (κ3) is 5.93. The Morgan fingerprint density at radius 1 is 1.25 bits per heavy atom. The van der Waals surface area contributed by atoms with Crippen LogP contribution in [0.4, 0.5) is 0 Å². The van der Waals surface area contributed by atoms with E-state index in [1.165, 1.54) is 12.8 Å². The summed E-state index contributed by atoms with van der Waals surface area (Å²) in [7, 11) is 0. The van der Waals surface area contributed by atoms with E-state index in [0.29, 0.717) is 17.9 Å². The number of esters is 2. The van der Waals surface area contributed by atoms with Gasteiger partial charge in [0.15, 0.2) is 0 Å². The van der Waals surface area contributed by atoms with Crippen molar-refractivity contribution in [3.63, 3.8) is 0 Å². The molecule has 0 aromatic carbocycles. The lowest BCUT2D eigenvalue weighted by atomic mass is 9.71. The first-order chi connectivity index (χ1) is 9.34. The molecule has 1 saturated carbocycles. The monoisotopic (exact) mass is 284 g/mol. The van der Waals surface area contributed by atoms with Crippen molar-refractivity contribution >= 4 is 11.9 Å². The molecule has 2 unspecified atom stereocenters. The topological polar surface area (TPSA) is 52.6 Å². The van der Waals surface area contributed by atoms with E-state index in [4.69, 9.17) is 9.47 Å². The highest BCUT2D eigenvalue weighted by Crippen LogP contribution is 2.40. The zero-order valence-electron chi connectivity index (χ0n) is 13.2. The molecule has 0 spiro atoms. The molecule has 4 heteroatoms. The third-order valence-electron chi connectivity index (χ3n) is 4.06. The van der Waals surface area contributed by atoms with Crippen LogP contribution < -0.4 is 0 Å². The number of carbonyl (C=O) groups is 2. The van der Waals surface area contributed by atoms with E-state index in [2.05, 4.69) is 13.8 Å². The van der Waals surface area contributed by atoms with E-state index in [9.17, 15) is 9.59 Å². The maximum Gasteiger partial charge on any atom is 0.306 e. The Labute approximate surface area is 122 Å². The summed E-state index contributed by atoms with van der Waals surface area (Å²) in [4.78, 5) is 22.9. The van der Waals surface area contributed by atoms with Crippen molar-refractivity contribution in [2.24, 2.45) is 11.3 Å². The van der Waals surface area contributed by atoms with Gasteiger partial charge in [-0.2, -0.15) is 0 Å². The summed E-state index contributed by atoms with van der Waals surface area (Å²) >= 11 is 0. The second-order valence-electron chi connectivity index (χ2n) is 6.52. The zero-order chi connectivity index (χ0) is 15.2. The van der Waals surface area contributed by atoms with Crippen LogP contribution in [-0.2, 0) is 19.1 Å². The van der Waals surface area contributed by atoms with E-state index in [-0.39, 0.29) is 30.9 Å². The predicted octanol–water partition coefficient (Wildman–Crippen LogP) is 3.48. The predicted molar refractivity (Wildman–Crippen MR) is 77.2 cm³/mol. The van der Waals surface area contributed by atoms with Crippen LogP contribution in [0.3, 0.4) is 0 Å². The number of hydrogen-bond donors (Lipinski definition) is 0. The fourth-order valence-corrected chi connectivity index (χ4v) is 2.96. The minimum absolute atomic E-state index is 0.0655. The number of ether oxygens (including phenoxy) is 2. The highest BCUT2D eigenvalue weighted by Gasteiger charge is 2.32. The Hall–Kier alpha value is -1.06. The van der Waals surface area contributed by atoms with Gasteiger partial charge in [-0.3, -0.25) is 9.59 Å². The molecule has 4 nitrogen and oxygen atoms in total. The molecular formula is C16H28O4. The van der Waals surface area contributed by atoms with E-state index < -0.39 is 0 Å². The van der Waals surface area contributed by atoms with Crippen molar-refractivity contribution in [3.8, 4) is 0 Å². The lowest BCUT2D eigenvalue weighted by Gasteiger charge is -2.37. The molecular weight excluding hydrogens is 256 g/mol. The largest absolute Gasteiger partial charge is 0.466 e. The maximum absolute atomic E-state index is 11.7. The fraction of sp³-hybridized carbons (Fsp3) is 0.875. The van der Waals surface area contributed by atoms with Gasteiger partial charge in [0.2, 0.25) is 0 Å². The Morgan fingerprint density at radius 3 is 2.50 bits per heavy atom. The molecule has 0 aromatic rings. The standard InChI is InChI=1S/C16H28O4/c1-5-19-14(17)8-9-15(18)20-12(2)13-7-6-10-16(3,4)11-13/h12-13H,5-11H2,1-4H3. The van der Waals surface area contributed by atoms with Crippen molar-refractivity contribution < 1.29 is 19.1 Å². The second kappa shape index (κ2) is 7.65. The molecule has 1 aliphatic carbocycles. The third-order valence-corrected chi connectivity index (χ3v) is 4.06. The number of carbonyl (C=O) groups excluding carboxylic acids is 2. The molecule has 1 aliphatic rings. The summed E-state index contributed by atoms with van der Waals surface area (Å²) in [5.74, 6) is -0.199. The molecule has 0 radical (unpaired) electrons.